The highest BCUT2D eigenvalue weighted by atomic mass is 127. The van der Waals surface area contributed by atoms with Crippen molar-refractivity contribution in [2.45, 2.75) is 32.5 Å². The largest absolute Gasteiger partial charge is 0.433 e. The molecule has 11 heteroatoms. The Bertz CT molecular complexity index is 915. The molecular formula is C21H26F2IN5O3. The summed E-state index contributed by atoms with van der Waals surface area (Å²) in [6.07, 6.45) is 0.810. The van der Waals surface area contributed by atoms with E-state index in [0.717, 1.165) is 12.0 Å². The number of non-ortho nitro benzene ring substituents is 1. The highest BCUT2D eigenvalue weighted by Crippen LogP contribution is 2.31. The minimum atomic E-state index is -2.87. The molecule has 32 heavy (non-hydrogen) atoms. The maximum Gasteiger partial charge on any atom is 0.387 e. The van der Waals surface area contributed by atoms with E-state index in [1.807, 2.05) is 11.8 Å². The lowest BCUT2D eigenvalue weighted by Crippen LogP contribution is -2.44. The van der Waals surface area contributed by atoms with Crippen LogP contribution in [0.3, 0.4) is 0 Å². The van der Waals surface area contributed by atoms with E-state index in [4.69, 9.17) is 0 Å². The number of nitrogens with zero attached hydrogens (tertiary/aromatic N) is 3. The zero-order valence-corrected chi connectivity index (χ0v) is 19.9. The summed E-state index contributed by atoms with van der Waals surface area (Å²) < 4.78 is 30.0. The van der Waals surface area contributed by atoms with Gasteiger partial charge in [-0.3, -0.25) is 10.1 Å². The van der Waals surface area contributed by atoms with Gasteiger partial charge in [-0.05, 0) is 31.0 Å². The SMILES string of the molecule is CCNC(=NCc1ccc([N+](=O)[O-])cc1)NC1CCN(c2ccccc2OC(F)F)C1.I. The molecule has 1 aliphatic rings. The van der Waals surface area contributed by atoms with E-state index in [1.165, 1.54) is 18.2 Å². The number of nitro benzene ring substituents is 1. The number of halogens is 3. The Balaban J connectivity index is 0.00000363. The molecule has 3 rings (SSSR count). The fourth-order valence-corrected chi connectivity index (χ4v) is 3.42. The summed E-state index contributed by atoms with van der Waals surface area (Å²) in [4.78, 5) is 16.9. The third-order valence-corrected chi connectivity index (χ3v) is 4.86. The van der Waals surface area contributed by atoms with Crippen LogP contribution in [-0.2, 0) is 6.54 Å². The summed E-state index contributed by atoms with van der Waals surface area (Å²) in [5, 5.41) is 17.3. The summed E-state index contributed by atoms with van der Waals surface area (Å²) in [5.74, 6) is 0.793. The Labute approximate surface area is 202 Å². The van der Waals surface area contributed by atoms with Crippen molar-refractivity contribution < 1.29 is 18.4 Å². The van der Waals surface area contributed by atoms with E-state index in [2.05, 4.69) is 20.4 Å². The predicted octanol–water partition coefficient (Wildman–Crippen LogP) is 4.15. The Morgan fingerprint density at radius 1 is 1.28 bits per heavy atom. The van der Waals surface area contributed by atoms with Gasteiger partial charge in [0.2, 0.25) is 0 Å². The number of para-hydroxylation sites is 2. The Hall–Kier alpha value is -2.70. The maximum atomic E-state index is 12.7. The summed E-state index contributed by atoms with van der Waals surface area (Å²) >= 11 is 0. The second-order valence-electron chi connectivity index (χ2n) is 7.04. The summed E-state index contributed by atoms with van der Waals surface area (Å²) in [7, 11) is 0. The molecule has 0 spiro atoms. The van der Waals surface area contributed by atoms with E-state index in [9.17, 15) is 18.9 Å². The molecule has 1 atom stereocenters. The smallest absolute Gasteiger partial charge is 0.387 e. The molecule has 2 aromatic carbocycles. The lowest BCUT2D eigenvalue weighted by Gasteiger charge is -2.22. The predicted molar refractivity (Wildman–Crippen MR) is 130 cm³/mol. The Kier molecular flexibility index (Phi) is 9.88. The summed E-state index contributed by atoms with van der Waals surface area (Å²) in [6, 6.07) is 13.1. The molecule has 2 aromatic rings. The van der Waals surface area contributed by atoms with E-state index in [0.29, 0.717) is 37.8 Å². The van der Waals surface area contributed by atoms with Crippen LogP contribution in [0.4, 0.5) is 20.2 Å². The van der Waals surface area contributed by atoms with Gasteiger partial charge in [-0.2, -0.15) is 8.78 Å². The van der Waals surface area contributed by atoms with Gasteiger partial charge in [0.25, 0.3) is 5.69 Å². The quantitative estimate of drug-likeness (QED) is 0.166. The Morgan fingerprint density at radius 3 is 2.66 bits per heavy atom. The monoisotopic (exact) mass is 561 g/mol. The van der Waals surface area contributed by atoms with Crippen molar-refractivity contribution >= 4 is 41.3 Å². The van der Waals surface area contributed by atoms with Crippen LogP contribution in [0.2, 0.25) is 0 Å². The van der Waals surface area contributed by atoms with Gasteiger partial charge < -0.3 is 20.3 Å². The van der Waals surface area contributed by atoms with Crippen molar-refractivity contribution in [2.24, 2.45) is 4.99 Å². The zero-order chi connectivity index (χ0) is 22.2. The van der Waals surface area contributed by atoms with E-state index in [-0.39, 0.29) is 41.5 Å². The van der Waals surface area contributed by atoms with Crippen molar-refractivity contribution in [3.8, 4) is 5.75 Å². The van der Waals surface area contributed by atoms with Crippen molar-refractivity contribution in [3.63, 3.8) is 0 Å². The topological polar surface area (TPSA) is 92.0 Å². The van der Waals surface area contributed by atoms with Gasteiger partial charge in [0, 0.05) is 37.8 Å². The summed E-state index contributed by atoms with van der Waals surface area (Å²) in [5.41, 5.74) is 1.54. The second-order valence-corrected chi connectivity index (χ2v) is 7.04. The minimum Gasteiger partial charge on any atom is -0.433 e. The van der Waals surface area contributed by atoms with Crippen LogP contribution in [0.1, 0.15) is 18.9 Å². The number of hydrogen-bond acceptors (Lipinski definition) is 5. The number of hydrogen-bond donors (Lipinski definition) is 2. The first-order valence-electron chi connectivity index (χ1n) is 10.0. The van der Waals surface area contributed by atoms with Crippen LogP contribution < -0.4 is 20.3 Å². The molecule has 1 heterocycles. The first kappa shape index (κ1) is 25.6. The molecule has 1 aliphatic heterocycles. The number of ether oxygens (including phenoxy) is 1. The normalized spacial score (nSPS) is 15.9. The van der Waals surface area contributed by atoms with Crippen LogP contribution >= 0.6 is 24.0 Å². The standard InChI is InChI=1S/C21H25F2N5O3.HI/c1-2-24-21(25-13-15-7-9-17(10-8-15)28(29)30)26-16-11-12-27(14-16)18-5-3-4-6-19(18)31-20(22)23;/h3-10,16,20H,2,11-14H2,1H3,(H2,24,25,26);1H. The van der Waals surface area contributed by atoms with Crippen LogP contribution in [-0.4, -0.2) is 43.2 Å². The first-order valence-corrected chi connectivity index (χ1v) is 10.0. The molecule has 2 N–H and O–H groups in total. The molecular weight excluding hydrogens is 535 g/mol. The summed E-state index contributed by atoms with van der Waals surface area (Å²) in [6.45, 7) is 1.45. The molecule has 174 valence electrons. The fraction of sp³-hybridized carbons (Fsp3) is 0.381. The van der Waals surface area contributed by atoms with Crippen LogP contribution in [0.25, 0.3) is 0 Å². The molecule has 8 nitrogen and oxygen atoms in total. The number of nitrogens with one attached hydrogen (secondary N) is 2. The van der Waals surface area contributed by atoms with Gasteiger partial charge in [-0.1, -0.05) is 24.3 Å². The number of aliphatic imine (C=N–C) groups is 1. The van der Waals surface area contributed by atoms with Gasteiger partial charge in [0.1, 0.15) is 5.75 Å². The number of nitro groups is 1. The van der Waals surface area contributed by atoms with Crippen molar-refractivity contribution in [1.29, 1.82) is 0 Å². The molecule has 0 radical (unpaired) electrons. The van der Waals surface area contributed by atoms with Gasteiger partial charge >= 0.3 is 6.61 Å². The van der Waals surface area contributed by atoms with Crippen molar-refractivity contribution in [3.05, 3.63) is 64.2 Å². The molecule has 0 saturated carbocycles. The third kappa shape index (κ3) is 7.18. The number of guanidine groups is 1. The van der Waals surface area contributed by atoms with E-state index in [1.54, 1.807) is 30.3 Å². The van der Waals surface area contributed by atoms with Gasteiger partial charge in [0.15, 0.2) is 5.96 Å². The molecule has 1 unspecified atom stereocenters. The highest BCUT2D eigenvalue weighted by Gasteiger charge is 2.26. The van der Waals surface area contributed by atoms with Crippen molar-refractivity contribution in [2.75, 3.05) is 24.5 Å². The maximum absolute atomic E-state index is 12.7. The third-order valence-electron chi connectivity index (χ3n) is 4.86. The van der Waals surface area contributed by atoms with Gasteiger partial charge in [-0.15, -0.1) is 24.0 Å². The average Bonchev–Trinajstić information content (AvgIpc) is 3.21. The van der Waals surface area contributed by atoms with E-state index < -0.39 is 11.5 Å². The first-order chi connectivity index (χ1) is 15.0. The molecule has 0 aliphatic carbocycles. The molecule has 0 amide bonds. The number of benzene rings is 2. The lowest BCUT2D eigenvalue weighted by molar-refractivity contribution is -0.384. The van der Waals surface area contributed by atoms with Crippen LogP contribution in [0.5, 0.6) is 5.75 Å². The van der Waals surface area contributed by atoms with Gasteiger partial charge in [0.05, 0.1) is 17.2 Å². The highest BCUT2D eigenvalue weighted by molar-refractivity contribution is 14.0. The molecule has 0 aromatic heterocycles. The molecule has 1 fully saturated rings. The molecule has 1 saturated heterocycles. The van der Waals surface area contributed by atoms with Crippen LogP contribution in [0.15, 0.2) is 53.5 Å². The lowest BCUT2D eigenvalue weighted by atomic mass is 10.2. The van der Waals surface area contributed by atoms with Crippen LogP contribution in [0, 0.1) is 10.1 Å². The number of alkyl halides is 2. The zero-order valence-electron chi connectivity index (χ0n) is 17.5. The van der Waals surface area contributed by atoms with E-state index >= 15 is 0 Å². The Morgan fingerprint density at radius 2 is 2.00 bits per heavy atom. The van der Waals surface area contributed by atoms with Gasteiger partial charge in [-0.25, -0.2) is 4.99 Å². The number of rotatable bonds is 8. The number of anilines is 1. The molecule has 0 bridgehead atoms. The average molecular weight is 561 g/mol. The second kappa shape index (κ2) is 12.4. The fourth-order valence-electron chi connectivity index (χ4n) is 3.42. The minimum absolute atomic E-state index is 0. The van der Waals surface area contributed by atoms with Crippen molar-refractivity contribution in [1.82, 2.24) is 10.6 Å².